The molecule has 0 aliphatic carbocycles. The molecule has 0 aliphatic heterocycles. The molecular formula is C12H17N3O4. The number of carboxylic acid groups (broad SMARTS) is 1. The van der Waals surface area contributed by atoms with Crippen molar-refractivity contribution in [3.63, 3.8) is 0 Å². The third-order valence-corrected chi connectivity index (χ3v) is 2.95. The first-order valence-corrected chi connectivity index (χ1v) is 5.83. The Morgan fingerprint density at radius 1 is 1.58 bits per heavy atom. The summed E-state index contributed by atoms with van der Waals surface area (Å²) in [5.74, 6) is -0.989. The number of carboxylic acids is 1. The van der Waals surface area contributed by atoms with E-state index in [1.807, 2.05) is 0 Å². The number of aryl methyl sites for hydroxylation is 1. The molecular weight excluding hydrogens is 250 g/mol. The number of aliphatic carboxylic acids is 1. The Bertz CT molecular complexity index is 514. The van der Waals surface area contributed by atoms with E-state index >= 15 is 0 Å². The van der Waals surface area contributed by atoms with Crippen molar-refractivity contribution in [2.24, 2.45) is 0 Å². The topological polar surface area (TPSA) is 96.6 Å². The smallest absolute Gasteiger partial charge is 0.329 e. The third kappa shape index (κ3) is 2.81. The predicted molar refractivity (Wildman–Crippen MR) is 70.4 cm³/mol. The number of pyridine rings is 1. The van der Waals surface area contributed by atoms with Gasteiger partial charge in [-0.1, -0.05) is 0 Å². The second kappa shape index (κ2) is 5.21. The molecule has 0 unspecified atom stereocenters. The maximum absolute atomic E-state index is 11.3. The van der Waals surface area contributed by atoms with Gasteiger partial charge >= 0.3 is 11.7 Å². The molecule has 0 atom stereocenters. The first kappa shape index (κ1) is 14.9. The summed E-state index contributed by atoms with van der Waals surface area (Å²) in [6, 6.07) is 1.39. The second-order valence-electron chi connectivity index (χ2n) is 4.72. The molecule has 0 saturated carbocycles. The molecule has 7 nitrogen and oxygen atoms in total. The quantitative estimate of drug-likeness (QED) is 0.647. The van der Waals surface area contributed by atoms with Crippen LogP contribution >= 0.6 is 0 Å². The summed E-state index contributed by atoms with van der Waals surface area (Å²) in [5.41, 5.74) is -0.808. The molecule has 7 heteroatoms. The number of rotatable bonds is 5. The van der Waals surface area contributed by atoms with Crippen molar-refractivity contribution >= 4 is 17.5 Å². The molecule has 0 spiro atoms. The zero-order valence-corrected chi connectivity index (χ0v) is 11.4. The Labute approximate surface area is 111 Å². The summed E-state index contributed by atoms with van der Waals surface area (Å²) in [6.45, 7) is 6.71. The molecule has 1 heterocycles. The molecule has 104 valence electrons. The molecule has 1 N–H and O–H groups in total. The number of nitrogens with zero attached hydrogens (tertiary/aromatic N) is 3. The van der Waals surface area contributed by atoms with Gasteiger partial charge in [-0.05, 0) is 33.3 Å². The molecule has 0 amide bonds. The van der Waals surface area contributed by atoms with Crippen LogP contribution in [0.15, 0.2) is 12.3 Å². The molecule has 0 aromatic carbocycles. The van der Waals surface area contributed by atoms with E-state index in [0.717, 1.165) is 0 Å². The van der Waals surface area contributed by atoms with E-state index in [2.05, 4.69) is 4.98 Å². The van der Waals surface area contributed by atoms with Gasteiger partial charge in [-0.2, -0.15) is 0 Å². The number of aromatic nitrogens is 1. The minimum atomic E-state index is -1.28. The van der Waals surface area contributed by atoms with Gasteiger partial charge in [0.15, 0.2) is 0 Å². The van der Waals surface area contributed by atoms with Gasteiger partial charge in [0.05, 0.1) is 4.92 Å². The summed E-state index contributed by atoms with van der Waals surface area (Å²) >= 11 is 0. The highest BCUT2D eigenvalue weighted by molar-refractivity contribution is 5.83. The predicted octanol–water partition coefficient (Wildman–Crippen LogP) is 1.99. The van der Waals surface area contributed by atoms with Crippen LogP contribution < -0.4 is 4.90 Å². The lowest BCUT2D eigenvalue weighted by atomic mass is 10.0. The second-order valence-corrected chi connectivity index (χ2v) is 4.72. The van der Waals surface area contributed by atoms with Gasteiger partial charge in [0, 0.05) is 18.8 Å². The fourth-order valence-electron chi connectivity index (χ4n) is 1.81. The van der Waals surface area contributed by atoms with Gasteiger partial charge in [0.25, 0.3) is 0 Å². The molecule has 1 rings (SSSR count). The number of hydrogen-bond donors (Lipinski definition) is 1. The van der Waals surface area contributed by atoms with Crippen LogP contribution in [-0.2, 0) is 4.79 Å². The lowest BCUT2D eigenvalue weighted by Gasteiger charge is -2.34. The summed E-state index contributed by atoms with van der Waals surface area (Å²) in [6.07, 6.45) is 1.49. The first-order chi connectivity index (χ1) is 8.71. The van der Waals surface area contributed by atoms with Crippen LogP contribution in [0.5, 0.6) is 0 Å². The van der Waals surface area contributed by atoms with Gasteiger partial charge < -0.3 is 10.0 Å². The van der Waals surface area contributed by atoms with Gasteiger partial charge in [0.2, 0.25) is 5.82 Å². The largest absolute Gasteiger partial charge is 0.480 e. The minimum Gasteiger partial charge on any atom is -0.480 e. The molecule has 0 fully saturated rings. The van der Waals surface area contributed by atoms with E-state index in [1.54, 1.807) is 13.8 Å². The van der Waals surface area contributed by atoms with Crippen LogP contribution in [0.2, 0.25) is 0 Å². The Morgan fingerprint density at radius 2 is 2.16 bits per heavy atom. The molecule has 19 heavy (non-hydrogen) atoms. The summed E-state index contributed by atoms with van der Waals surface area (Å²) in [4.78, 5) is 27.3. The Hall–Kier alpha value is -2.18. The number of nitro groups is 1. The van der Waals surface area contributed by atoms with Crippen LogP contribution in [0.1, 0.15) is 26.3 Å². The highest BCUT2D eigenvalue weighted by Crippen LogP contribution is 2.31. The van der Waals surface area contributed by atoms with E-state index in [-0.39, 0.29) is 11.5 Å². The van der Waals surface area contributed by atoms with Crippen molar-refractivity contribution in [1.29, 1.82) is 0 Å². The monoisotopic (exact) mass is 267 g/mol. The van der Waals surface area contributed by atoms with E-state index in [1.165, 1.54) is 31.0 Å². The summed E-state index contributed by atoms with van der Waals surface area (Å²) in [7, 11) is 0. The first-order valence-electron chi connectivity index (χ1n) is 5.83. The average Bonchev–Trinajstić information content (AvgIpc) is 2.31. The lowest BCUT2D eigenvalue weighted by molar-refractivity contribution is -0.384. The van der Waals surface area contributed by atoms with Gasteiger partial charge in [-0.25, -0.2) is 9.78 Å². The highest BCUT2D eigenvalue weighted by atomic mass is 16.6. The summed E-state index contributed by atoms with van der Waals surface area (Å²) < 4.78 is 0. The fraction of sp³-hybridized carbons (Fsp3) is 0.500. The van der Waals surface area contributed by atoms with Gasteiger partial charge in [-0.3, -0.25) is 10.1 Å². The van der Waals surface area contributed by atoms with E-state index < -0.39 is 16.4 Å². The van der Waals surface area contributed by atoms with Crippen LogP contribution in [0.3, 0.4) is 0 Å². The SMILES string of the molecule is CCN(c1ncc(C)cc1[N+](=O)[O-])C(C)(C)C(=O)O. The highest BCUT2D eigenvalue weighted by Gasteiger charge is 2.37. The Balaban J connectivity index is 3.42. The third-order valence-electron chi connectivity index (χ3n) is 2.95. The number of carbonyl (C=O) groups is 1. The maximum Gasteiger partial charge on any atom is 0.329 e. The van der Waals surface area contributed by atoms with Crippen molar-refractivity contribution in [3.8, 4) is 0 Å². The zero-order chi connectivity index (χ0) is 14.8. The van der Waals surface area contributed by atoms with Gasteiger partial charge in [0.1, 0.15) is 5.54 Å². The van der Waals surface area contributed by atoms with Crippen molar-refractivity contribution in [2.75, 3.05) is 11.4 Å². The Morgan fingerprint density at radius 3 is 2.58 bits per heavy atom. The number of likely N-dealkylation sites (N-methyl/N-ethyl adjacent to an activating group) is 1. The molecule has 1 aromatic heterocycles. The normalized spacial score (nSPS) is 11.2. The summed E-state index contributed by atoms with van der Waals surface area (Å²) in [5, 5.41) is 20.3. The number of hydrogen-bond acceptors (Lipinski definition) is 5. The number of anilines is 1. The van der Waals surface area contributed by atoms with E-state index in [0.29, 0.717) is 12.1 Å². The Kier molecular flexibility index (Phi) is 4.08. The van der Waals surface area contributed by atoms with Crippen LogP contribution in [0.4, 0.5) is 11.5 Å². The molecule has 0 radical (unpaired) electrons. The van der Waals surface area contributed by atoms with E-state index in [4.69, 9.17) is 0 Å². The van der Waals surface area contributed by atoms with Gasteiger partial charge in [-0.15, -0.1) is 0 Å². The van der Waals surface area contributed by atoms with Crippen molar-refractivity contribution in [3.05, 3.63) is 27.9 Å². The fourth-order valence-corrected chi connectivity index (χ4v) is 1.81. The minimum absolute atomic E-state index is 0.0745. The molecule has 0 aliphatic rings. The van der Waals surface area contributed by atoms with Crippen molar-refractivity contribution in [2.45, 2.75) is 33.2 Å². The van der Waals surface area contributed by atoms with Crippen LogP contribution in [0, 0.1) is 17.0 Å². The maximum atomic E-state index is 11.3. The molecule has 0 bridgehead atoms. The van der Waals surface area contributed by atoms with Crippen LogP contribution in [-0.4, -0.2) is 33.1 Å². The van der Waals surface area contributed by atoms with E-state index in [9.17, 15) is 20.0 Å². The molecule has 1 aromatic rings. The molecule has 0 saturated heterocycles. The standard InChI is InChI=1S/C12H17N3O4/c1-5-14(12(3,4)11(16)17)10-9(15(18)19)6-8(2)7-13-10/h6-7H,5H2,1-4H3,(H,16,17). The average molecular weight is 267 g/mol. The lowest BCUT2D eigenvalue weighted by Crippen LogP contribution is -2.50. The van der Waals surface area contributed by atoms with Crippen LogP contribution in [0.25, 0.3) is 0 Å². The van der Waals surface area contributed by atoms with Crippen molar-refractivity contribution in [1.82, 2.24) is 4.98 Å². The zero-order valence-electron chi connectivity index (χ0n) is 11.4. The van der Waals surface area contributed by atoms with Crippen molar-refractivity contribution < 1.29 is 14.8 Å².